The lowest BCUT2D eigenvalue weighted by atomic mass is 10.1. The Morgan fingerprint density at radius 3 is 2.45 bits per heavy atom. The van der Waals surface area contributed by atoms with Crippen LogP contribution in [0, 0.1) is 0 Å². The number of carbonyl (C=O) groups is 3. The van der Waals surface area contributed by atoms with E-state index in [1.165, 1.54) is 0 Å². The van der Waals surface area contributed by atoms with Gasteiger partial charge < -0.3 is 15.5 Å². The van der Waals surface area contributed by atoms with E-state index in [2.05, 4.69) is 10.6 Å². The van der Waals surface area contributed by atoms with Crippen LogP contribution in [0.1, 0.15) is 45.2 Å². The monoisotopic (exact) mass is 441 g/mol. The normalized spacial score (nSPS) is 12.2. The number of nitrogens with one attached hydrogen (secondary N) is 2. The number of carbonyl (C=O) groups excluding carboxylic acids is 3. The van der Waals surface area contributed by atoms with Gasteiger partial charge >= 0.3 is 0 Å². The van der Waals surface area contributed by atoms with Crippen LogP contribution in [0.25, 0.3) is 0 Å². The molecule has 1 heterocycles. The van der Waals surface area contributed by atoms with Crippen LogP contribution in [0.5, 0.6) is 0 Å². The Bertz CT molecular complexity index is 1170. The Labute approximate surface area is 193 Å². The largest absolute Gasteiger partial charge is 0.352 e. The molecule has 3 amide bonds. The number of amides is 3. The second-order valence-electron chi connectivity index (χ2n) is 7.98. The summed E-state index contributed by atoms with van der Waals surface area (Å²) in [4.78, 5) is 39.6. The van der Waals surface area contributed by atoms with Crippen LogP contribution >= 0.6 is 0 Å². The number of hydrogen-bond donors (Lipinski definition) is 2. The third-order valence-corrected chi connectivity index (χ3v) is 5.80. The fourth-order valence-electron chi connectivity index (χ4n) is 4.04. The van der Waals surface area contributed by atoms with E-state index in [4.69, 9.17) is 0 Å². The maximum absolute atomic E-state index is 12.9. The molecular formula is C27H27N3O3. The molecule has 1 aliphatic rings. The van der Waals surface area contributed by atoms with Crippen molar-refractivity contribution in [3.05, 3.63) is 95.1 Å². The first-order valence-corrected chi connectivity index (χ1v) is 11.2. The van der Waals surface area contributed by atoms with Crippen molar-refractivity contribution in [2.45, 2.75) is 26.2 Å². The molecule has 1 aliphatic heterocycles. The van der Waals surface area contributed by atoms with E-state index in [9.17, 15) is 14.4 Å². The van der Waals surface area contributed by atoms with Crippen LogP contribution in [0.2, 0.25) is 0 Å². The Morgan fingerprint density at radius 2 is 1.67 bits per heavy atom. The Kier molecular flexibility index (Phi) is 6.83. The van der Waals surface area contributed by atoms with Gasteiger partial charge in [-0.3, -0.25) is 14.4 Å². The summed E-state index contributed by atoms with van der Waals surface area (Å²) >= 11 is 0. The highest BCUT2D eigenvalue weighted by molar-refractivity contribution is 6.09. The molecule has 0 aromatic heterocycles. The molecule has 0 aliphatic carbocycles. The van der Waals surface area contributed by atoms with Crippen LogP contribution in [-0.4, -0.2) is 30.8 Å². The molecule has 6 heteroatoms. The van der Waals surface area contributed by atoms with E-state index in [0.29, 0.717) is 36.3 Å². The number of nitrogens with zero attached hydrogens (tertiary/aromatic N) is 1. The van der Waals surface area contributed by atoms with Crippen LogP contribution in [-0.2, 0) is 17.6 Å². The molecule has 4 rings (SSSR count). The predicted molar refractivity (Wildman–Crippen MR) is 130 cm³/mol. The van der Waals surface area contributed by atoms with Crippen LogP contribution < -0.4 is 15.5 Å². The first-order chi connectivity index (χ1) is 16.1. The maximum Gasteiger partial charge on any atom is 0.255 e. The molecule has 3 aromatic carbocycles. The van der Waals surface area contributed by atoms with Crippen molar-refractivity contribution in [3.63, 3.8) is 0 Å². The quantitative estimate of drug-likeness (QED) is 0.577. The molecule has 0 atom stereocenters. The van der Waals surface area contributed by atoms with Gasteiger partial charge in [-0.15, -0.1) is 0 Å². The van der Waals surface area contributed by atoms with Gasteiger partial charge in [-0.2, -0.15) is 0 Å². The molecule has 0 fully saturated rings. The van der Waals surface area contributed by atoms with Gasteiger partial charge in [0.15, 0.2) is 0 Å². The molecule has 0 radical (unpaired) electrons. The molecule has 0 spiro atoms. The van der Waals surface area contributed by atoms with Gasteiger partial charge in [-0.05, 0) is 54.3 Å². The summed E-state index contributed by atoms with van der Waals surface area (Å²) in [5, 5.41) is 5.80. The minimum Gasteiger partial charge on any atom is -0.352 e. The minimum absolute atomic E-state index is 0.0816. The highest BCUT2D eigenvalue weighted by atomic mass is 16.2. The lowest BCUT2D eigenvalue weighted by Gasteiger charge is -2.16. The summed E-state index contributed by atoms with van der Waals surface area (Å²) in [6, 6.07) is 22.3. The highest BCUT2D eigenvalue weighted by Crippen LogP contribution is 2.29. The minimum atomic E-state index is -0.289. The summed E-state index contributed by atoms with van der Waals surface area (Å²) in [5.41, 5.74) is 4.38. The Hall–Kier alpha value is -3.93. The number of benzene rings is 3. The zero-order valence-corrected chi connectivity index (χ0v) is 18.6. The van der Waals surface area contributed by atoms with Gasteiger partial charge in [0.2, 0.25) is 5.91 Å². The molecule has 6 nitrogen and oxygen atoms in total. The van der Waals surface area contributed by atoms with E-state index in [1.807, 2.05) is 49.4 Å². The van der Waals surface area contributed by atoms with Crippen LogP contribution in [0.3, 0.4) is 0 Å². The summed E-state index contributed by atoms with van der Waals surface area (Å²) in [6.07, 6.45) is 1.91. The van der Waals surface area contributed by atoms with E-state index >= 15 is 0 Å². The van der Waals surface area contributed by atoms with Gasteiger partial charge in [0.25, 0.3) is 11.8 Å². The number of fused-ring (bicyclic) bond motifs is 1. The third-order valence-electron chi connectivity index (χ3n) is 5.80. The molecule has 3 aromatic rings. The van der Waals surface area contributed by atoms with Gasteiger partial charge in [0, 0.05) is 30.8 Å². The first-order valence-electron chi connectivity index (χ1n) is 11.2. The maximum atomic E-state index is 12.9. The van der Waals surface area contributed by atoms with Crippen molar-refractivity contribution < 1.29 is 14.4 Å². The zero-order chi connectivity index (χ0) is 23.2. The smallest absolute Gasteiger partial charge is 0.255 e. The molecule has 2 N–H and O–H groups in total. The Balaban J connectivity index is 1.43. The zero-order valence-electron chi connectivity index (χ0n) is 18.6. The molecule has 0 bridgehead atoms. The fourth-order valence-corrected chi connectivity index (χ4v) is 4.04. The van der Waals surface area contributed by atoms with Crippen LogP contribution in [0.15, 0.2) is 72.8 Å². The topological polar surface area (TPSA) is 78.5 Å². The molecule has 0 saturated carbocycles. The van der Waals surface area contributed by atoms with E-state index in [0.717, 1.165) is 29.7 Å². The second kappa shape index (κ2) is 10.1. The van der Waals surface area contributed by atoms with E-state index in [1.54, 1.807) is 35.2 Å². The van der Waals surface area contributed by atoms with Gasteiger partial charge in [0.05, 0.1) is 11.3 Å². The highest BCUT2D eigenvalue weighted by Gasteiger charge is 2.24. The lowest BCUT2D eigenvalue weighted by molar-refractivity contribution is -0.118. The standard InChI is InChI=1S/C27H27N3O3/c1-2-25(31)30-17-15-20-18-21(12-13-24(20)30)26(32)29-23-11-7-6-10-22(23)27(33)28-16-14-19-8-4-3-5-9-19/h3-13,18H,2,14-17H2,1H3,(H,28,33)(H,29,32). The van der Waals surface area contributed by atoms with E-state index in [-0.39, 0.29) is 17.7 Å². The second-order valence-corrected chi connectivity index (χ2v) is 7.98. The lowest BCUT2D eigenvalue weighted by Crippen LogP contribution is -2.27. The fraction of sp³-hybridized carbons (Fsp3) is 0.222. The SMILES string of the molecule is CCC(=O)N1CCc2cc(C(=O)Nc3ccccc3C(=O)NCCc3ccccc3)ccc21. The number of rotatable bonds is 7. The summed E-state index contributed by atoms with van der Waals surface area (Å²) < 4.78 is 0. The summed E-state index contributed by atoms with van der Waals surface area (Å²) in [6.45, 7) is 2.99. The molecule has 0 saturated heterocycles. The average molecular weight is 442 g/mol. The average Bonchev–Trinajstić information content (AvgIpc) is 3.28. The Morgan fingerprint density at radius 1 is 0.909 bits per heavy atom. The number of anilines is 2. The number of para-hydroxylation sites is 1. The van der Waals surface area contributed by atoms with Crippen molar-refractivity contribution in [2.75, 3.05) is 23.3 Å². The van der Waals surface area contributed by atoms with Crippen molar-refractivity contribution in [1.82, 2.24) is 5.32 Å². The van der Waals surface area contributed by atoms with Crippen LogP contribution in [0.4, 0.5) is 11.4 Å². The van der Waals surface area contributed by atoms with Gasteiger partial charge in [-0.1, -0.05) is 49.4 Å². The predicted octanol–water partition coefficient (Wildman–Crippen LogP) is 4.21. The van der Waals surface area contributed by atoms with Gasteiger partial charge in [0.1, 0.15) is 0 Å². The van der Waals surface area contributed by atoms with E-state index < -0.39 is 0 Å². The molecule has 0 unspecified atom stereocenters. The molecular weight excluding hydrogens is 414 g/mol. The van der Waals surface area contributed by atoms with Crippen molar-refractivity contribution in [2.24, 2.45) is 0 Å². The van der Waals surface area contributed by atoms with Crippen molar-refractivity contribution >= 4 is 29.1 Å². The number of hydrogen-bond acceptors (Lipinski definition) is 3. The molecule has 168 valence electrons. The third kappa shape index (κ3) is 5.12. The van der Waals surface area contributed by atoms with Crippen molar-refractivity contribution in [3.8, 4) is 0 Å². The first kappa shape index (κ1) is 22.3. The summed E-state index contributed by atoms with van der Waals surface area (Å²) in [7, 11) is 0. The molecule has 33 heavy (non-hydrogen) atoms. The van der Waals surface area contributed by atoms with Crippen molar-refractivity contribution in [1.29, 1.82) is 0 Å². The summed E-state index contributed by atoms with van der Waals surface area (Å²) in [5.74, 6) is -0.440. The van der Waals surface area contributed by atoms with Gasteiger partial charge in [-0.25, -0.2) is 0 Å².